The Morgan fingerprint density at radius 2 is 1.96 bits per heavy atom. The zero-order valence-corrected chi connectivity index (χ0v) is 13.4. The second kappa shape index (κ2) is 4.83. The lowest BCUT2D eigenvalue weighted by molar-refractivity contribution is -0.126. The highest BCUT2D eigenvalue weighted by Gasteiger charge is 2.51. The molecule has 4 heteroatoms. The van der Waals surface area contributed by atoms with Crippen molar-refractivity contribution in [1.29, 1.82) is 0 Å². The Labute approximate surface area is 134 Å². The van der Waals surface area contributed by atoms with Crippen molar-refractivity contribution < 1.29 is 9.47 Å². The van der Waals surface area contributed by atoms with Gasteiger partial charge in [-0.05, 0) is 31.9 Å². The molecule has 0 unspecified atom stereocenters. The number of nitrogens with one attached hydrogen (secondary N) is 1. The first-order valence-corrected chi connectivity index (χ1v) is 7.84. The van der Waals surface area contributed by atoms with Gasteiger partial charge in [-0.25, -0.2) is 0 Å². The van der Waals surface area contributed by atoms with Gasteiger partial charge in [-0.1, -0.05) is 36.4 Å². The summed E-state index contributed by atoms with van der Waals surface area (Å²) in [7, 11) is 0. The van der Waals surface area contributed by atoms with Gasteiger partial charge in [0.25, 0.3) is 5.56 Å². The highest BCUT2D eigenvalue weighted by Crippen LogP contribution is 2.49. The van der Waals surface area contributed by atoms with Gasteiger partial charge in [0.15, 0.2) is 0 Å². The number of aromatic nitrogens is 1. The van der Waals surface area contributed by atoms with E-state index in [0.29, 0.717) is 11.3 Å². The van der Waals surface area contributed by atoms with E-state index in [1.807, 2.05) is 51.1 Å². The van der Waals surface area contributed by atoms with E-state index in [2.05, 4.69) is 11.1 Å². The van der Waals surface area contributed by atoms with Crippen molar-refractivity contribution in [1.82, 2.24) is 4.98 Å². The molecule has 0 saturated heterocycles. The van der Waals surface area contributed by atoms with Crippen LogP contribution in [0.1, 0.15) is 26.3 Å². The number of rotatable bonds is 1. The van der Waals surface area contributed by atoms with E-state index in [0.717, 1.165) is 16.7 Å². The molecule has 0 fully saturated rings. The average molecular weight is 309 g/mol. The minimum Gasteiger partial charge on any atom is -0.462 e. The predicted molar refractivity (Wildman–Crippen MR) is 88.6 cm³/mol. The molecule has 2 aliphatic heterocycles. The van der Waals surface area contributed by atoms with Gasteiger partial charge in [0.05, 0.1) is 17.1 Å². The molecule has 0 bridgehead atoms. The normalized spacial score (nSPS) is 28.6. The van der Waals surface area contributed by atoms with Crippen molar-refractivity contribution >= 4 is 0 Å². The van der Waals surface area contributed by atoms with Crippen LogP contribution in [0.3, 0.4) is 0 Å². The van der Waals surface area contributed by atoms with Crippen molar-refractivity contribution in [3.05, 3.63) is 64.1 Å². The maximum Gasteiger partial charge on any atom is 0.256 e. The fourth-order valence-corrected chi connectivity index (χ4v) is 3.50. The molecule has 0 aliphatic carbocycles. The molecular formula is C19H19NO3. The molecule has 23 heavy (non-hydrogen) atoms. The van der Waals surface area contributed by atoms with Gasteiger partial charge >= 0.3 is 0 Å². The molecule has 4 rings (SSSR count). The summed E-state index contributed by atoms with van der Waals surface area (Å²) < 4.78 is 12.1. The van der Waals surface area contributed by atoms with E-state index in [4.69, 9.17) is 9.47 Å². The molecule has 4 nitrogen and oxygen atoms in total. The second-order valence-corrected chi connectivity index (χ2v) is 6.50. The first-order valence-electron chi connectivity index (χ1n) is 7.84. The van der Waals surface area contributed by atoms with Gasteiger partial charge in [0, 0.05) is 11.8 Å². The lowest BCUT2D eigenvalue weighted by Gasteiger charge is -2.35. The maximum absolute atomic E-state index is 12.5. The van der Waals surface area contributed by atoms with Crippen LogP contribution in [0.15, 0.2) is 53.0 Å². The molecule has 1 N–H and O–H groups in total. The summed E-state index contributed by atoms with van der Waals surface area (Å²) >= 11 is 0. The first-order chi connectivity index (χ1) is 11.0. The van der Waals surface area contributed by atoms with Crippen molar-refractivity contribution in [2.24, 2.45) is 0 Å². The monoisotopic (exact) mass is 309 g/mol. The van der Waals surface area contributed by atoms with Crippen LogP contribution < -0.4 is 10.3 Å². The SMILES string of the molecule is CC1=C[C@]2(C)c3c(c(-c4ccccc4)c[nH]c3=O)O[C@@H]2O[C@@H]1C. The molecule has 0 radical (unpaired) electrons. The van der Waals surface area contributed by atoms with Gasteiger partial charge in [0.1, 0.15) is 5.75 Å². The fourth-order valence-electron chi connectivity index (χ4n) is 3.50. The zero-order chi connectivity index (χ0) is 16.2. The van der Waals surface area contributed by atoms with Crippen molar-refractivity contribution in [3.63, 3.8) is 0 Å². The van der Waals surface area contributed by atoms with Crippen LogP contribution in [0, 0.1) is 0 Å². The molecule has 118 valence electrons. The number of pyridine rings is 1. The number of ether oxygens (including phenoxy) is 2. The fraction of sp³-hybridized carbons (Fsp3) is 0.316. The van der Waals surface area contributed by atoms with Gasteiger partial charge in [0.2, 0.25) is 6.29 Å². The van der Waals surface area contributed by atoms with Crippen LogP contribution in [-0.4, -0.2) is 17.4 Å². The van der Waals surface area contributed by atoms with Crippen LogP contribution >= 0.6 is 0 Å². The molecular weight excluding hydrogens is 290 g/mol. The molecule has 1 aromatic carbocycles. The lowest BCUT2D eigenvalue weighted by Crippen LogP contribution is -2.44. The number of benzene rings is 1. The van der Waals surface area contributed by atoms with Gasteiger partial charge in [-0.15, -0.1) is 0 Å². The Morgan fingerprint density at radius 3 is 2.70 bits per heavy atom. The third kappa shape index (κ3) is 1.98. The first kappa shape index (κ1) is 14.3. The third-order valence-corrected chi connectivity index (χ3v) is 4.88. The standard InChI is InChI=1S/C19H19NO3/c1-11-9-19(3)15-16(23-18(19)22-12(11)2)14(10-20-17(15)21)13-7-5-4-6-8-13/h4-10,12,18H,1-3H3,(H,20,21)/t12-,18+,19-/m1/s1. The van der Waals surface area contributed by atoms with Crippen LogP contribution in [0.2, 0.25) is 0 Å². The Morgan fingerprint density at radius 1 is 1.22 bits per heavy atom. The lowest BCUT2D eigenvalue weighted by atomic mass is 9.79. The van der Waals surface area contributed by atoms with E-state index in [-0.39, 0.29) is 11.7 Å². The summed E-state index contributed by atoms with van der Waals surface area (Å²) in [6.45, 7) is 6.03. The Hall–Kier alpha value is -2.33. The average Bonchev–Trinajstić information content (AvgIpc) is 2.82. The van der Waals surface area contributed by atoms with Crippen molar-refractivity contribution in [2.45, 2.75) is 38.6 Å². The Bertz CT molecular complexity index is 853. The highest BCUT2D eigenvalue weighted by molar-refractivity contribution is 5.73. The van der Waals surface area contributed by atoms with Crippen LogP contribution in [0.5, 0.6) is 5.75 Å². The molecule has 0 spiro atoms. The molecule has 0 amide bonds. The van der Waals surface area contributed by atoms with Crippen LogP contribution in [-0.2, 0) is 10.2 Å². The predicted octanol–water partition coefficient (Wildman–Crippen LogP) is 3.38. The summed E-state index contributed by atoms with van der Waals surface area (Å²) in [6, 6.07) is 9.92. The van der Waals surface area contributed by atoms with E-state index >= 15 is 0 Å². The number of hydrogen-bond donors (Lipinski definition) is 1. The Kier molecular flexibility index (Phi) is 3.00. The topological polar surface area (TPSA) is 51.3 Å². The van der Waals surface area contributed by atoms with Crippen LogP contribution in [0.4, 0.5) is 0 Å². The maximum atomic E-state index is 12.5. The molecule has 3 heterocycles. The zero-order valence-electron chi connectivity index (χ0n) is 13.4. The van der Waals surface area contributed by atoms with Gasteiger partial charge in [-0.2, -0.15) is 0 Å². The minimum atomic E-state index is -0.565. The summed E-state index contributed by atoms with van der Waals surface area (Å²) in [5.41, 5.74) is 2.98. The molecule has 0 saturated carbocycles. The summed E-state index contributed by atoms with van der Waals surface area (Å²) in [4.78, 5) is 15.4. The second-order valence-electron chi connectivity index (χ2n) is 6.50. The van der Waals surface area contributed by atoms with E-state index in [1.165, 1.54) is 0 Å². The molecule has 3 atom stereocenters. The number of aromatic amines is 1. The van der Waals surface area contributed by atoms with E-state index in [1.54, 1.807) is 6.20 Å². The highest BCUT2D eigenvalue weighted by atomic mass is 16.7. The summed E-state index contributed by atoms with van der Waals surface area (Å²) in [6.07, 6.45) is 3.35. The van der Waals surface area contributed by atoms with Crippen molar-refractivity contribution in [3.8, 4) is 16.9 Å². The molecule has 2 aromatic rings. The summed E-state index contributed by atoms with van der Waals surface area (Å²) in [5, 5.41) is 0. The van der Waals surface area contributed by atoms with E-state index < -0.39 is 11.7 Å². The minimum absolute atomic E-state index is 0.0124. The number of hydrogen-bond acceptors (Lipinski definition) is 3. The van der Waals surface area contributed by atoms with Gasteiger partial charge in [-0.3, -0.25) is 4.79 Å². The molecule has 2 aliphatic rings. The summed E-state index contributed by atoms with van der Waals surface area (Å²) in [5.74, 6) is 0.630. The van der Waals surface area contributed by atoms with E-state index in [9.17, 15) is 4.79 Å². The number of fused-ring (bicyclic) bond motifs is 3. The van der Waals surface area contributed by atoms with Crippen molar-refractivity contribution in [2.75, 3.05) is 0 Å². The Balaban J connectivity index is 1.96. The molecule has 1 aromatic heterocycles. The smallest absolute Gasteiger partial charge is 0.256 e. The van der Waals surface area contributed by atoms with Gasteiger partial charge < -0.3 is 14.5 Å². The number of H-pyrrole nitrogens is 1. The quantitative estimate of drug-likeness (QED) is 0.822. The largest absolute Gasteiger partial charge is 0.462 e. The van der Waals surface area contributed by atoms with Crippen LogP contribution in [0.25, 0.3) is 11.1 Å². The third-order valence-electron chi connectivity index (χ3n) is 4.88.